The van der Waals surface area contributed by atoms with Crippen molar-refractivity contribution in [2.75, 3.05) is 6.54 Å². The zero-order valence-electron chi connectivity index (χ0n) is 14.1. The molecule has 1 unspecified atom stereocenters. The first-order valence-electron chi connectivity index (χ1n) is 8.54. The molecule has 1 amide bonds. The fraction of sp³-hybridized carbons (Fsp3) is 0.765. The third kappa shape index (κ3) is 2.45. The number of likely N-dealkylation sites (tertiary alicyclic amines) is 1. The highest BCUT2D eigenvalue weighted by molar-refractivity contribution is 5.87. The molecule has 1 aliphatic heterocycles. The summed E-state index contributed by atoms with van der Waals surface area (Å²) in [6.07, 6.45) is 7.10. The third-order valence-electron chi connectivity index (χ3n) is 5.58. The average Bonchev–Trinajstić information content (AvgIpc) is 3.04. The Labute approximate surface area is 132 Å². The van der Waals surface area contributed by atoms with Gasteiger partial charge in [0, 0.05) is 24.8 Å². The lowest BCUT2D eigenvalue weighted by atomic mass is 9.81. The monoisotopic (exact) mass is 304 g/mol. The number of hydrogen-bond donors (Lipinski definition) is 1. The SMILES string of the molecule is Cc1nn(C)c(C)c1C1CCCN1C(=O)C1(N)CCCCC1. The highest BCUT2D eigenvalue weighted by Crippen LogP contribution is 2.38. The Bertz CT molecular complexity index is 571. The van der Waals surface area contributed by atoms with Gasteiger partial charge in [0.05, 0.1) is 17.3 Å². The van der Waals surface area contributed by atoms with Gasteiger partial charge in [-0.05, 0) is 39.5 Å². The predicted molar refractivity (Wildman–Crippen MR) is 86.4 cm³/mol. The molecule has 1 aromatic rings. The molecular weight excluding hydrogens is 276 g/mol. The van der Waals surface area contributed by atoms with Crippen LogP contribution in [0.1, 0.15) is 67.9 Å². The molecule has 0 aromatic carbocycles. The molecule has 2 N–H and O–H groups in total. The van der Waals surface area contributed by atoms with Crippen LogP contribution in [0.3, 0.4) is 0 Å². The van der Waals surface area contributed by atoms with Gasteiger partial charge in [0.1, 0.15) is 0 Å². The fourth-order valence-corrected chi connectivity index (χ4v) is 4.26. The lowest BCUT2D eigenvalue weighted by Gasteiger charge is -2.37. The van der Waals surface area contributed by atoms with E-state index in [0.29, 0.717) is 0 Å². The minimum atomic E-state index is -0.634. The maximum absolute atomic E-state index is 13.1. The summed E-state index contributed by atoms with van der Waals surface area (Å²) in [6.45, 7) is 4.97. The highest BCUT2D eigenvalue weighted by atomic mass is 16.2. The van der Waals surface area contributed by atoms with E-state index in [-0.39, 0.29) is 11.9 Å². The van der Waals surface area contributed by atoms with Crippen LogP contribution in [0.5, 0.6) is 0 Å². The molecule has 5 nitrogen and oxygen atoms in total. The summed E-state index contributed by atoms with van der Waals surface area (Å²) >= 11 is 0. The summed E-state index contributed by atoms with van der Waals surface area (Å²) in [6, 6.07) is 0.156. The van der Waals surface area contributed by atoms with Crippen molar-refractivity contribution >= 4 is 5.91 Å². The van der Waals surface area contributed by atoms with Crippen molar-refractivity contribution in [3.8, 4) is 0 Å². The topological polar surface area (TPSA) is 64.2 Å². The number of aryl methyl sites for hydroxylation is 2. The van der Waals surface area contributed by atoms with Crippen LogP contribution in [-0.2, 0) is 11.8 Å². The van der Waals surface area contributed by atoms with Crippen molar-refractivity contribution in [2.45, 2.75) is 70.4 Å². The number of nitrogens with zero attached hydrogens (tertiary/aromatic N) is 3. The number of rotatable bonds is 2. The first-order valence-corrected chi connectivity index (χ1v) is 8.54. The van der Waals surface area contributed by atoms with Crippen LogP contribution in [0, 0.1) is 13.8 Å². The zero-order valence-corrected chi connectivity index (χ0v) is 14.1. The van der Waals surface area contributed by atoms with Gasteiger partial charge in [-0.15, -0.1) is 0 Å². The van der Waals surface area contributed by atoms with Crippen molar-refractivity contribution in [2.24, 2.45) is 12.8 Å². The molecule has 0 bridgehead atoms. The van der Waals surface area contributed by atoms with Gasteiger partial charge in [-0.1, -0.05) is 19.3 Å². The molecule has 1 aromatic heterocycles. The van der Waals surface area contributed by atoms with Crippen LogP contribution in [0.15, 0.2) is 0 Å². The third-order valence-corrected chi connectivity index (χ3v) is 5.58. The zero-order chi connectivity index (χ0) is 15.9. The summed E-state index contributed by atoms with van der Waals surface area (Å²) in [7, 11) is 1.97. The van der Waals surface area contributed by atoms with Gasteiger partial charge in [0.2, 0.25) is 5.91 Å². The van der Waals surface area contributed by atoms with E-state index < -0.39 is 5.54 Å². The van der Waals surface area contributed by atoms with Gasteiger partial charge in [0.25, 0.3) is 0 Å². The first kappa shape index (κ1) is 15.5. The van der Waals surface area contributed by atoms with E-state index in [2.05, 4.69) is 12.0 Å². The van der Waals surface area contributed by atoms with Crippen molar-refractivity contribution < 1.29 is 4.79 Å². The summed E-state index contributed by atoms with van der Waals surface area (Å²) in [5, 5.41) is 4.53. The second-order valence-corrected chi connectivity index (χ2v) is 7.08. The highest BCUT2D eigenvalue weighted by Gasteiger charge is 2.43. The van der Waals surface area contributed by atoms with Crippen molar-refractivity contribution in [1.82, 2.24) is 14.7 Å². The second kappa shape index (κ2) is 5.69. The van der Waals surface area contributed by atoms with Crippen molar-refractivity contribution in [3.05, 3.63) is 17.0 Å². The lowest BCUT2D eigenvalue weighted by Crippen LogP contribution is -2.56. The molecule has 1 aliphatic carbocycles. The molecule has 5 heteroatoms. The summed E-state index contributed by atoms with van der Waals surface area (Å²) in [5.41, 5.74) is 9.29. The Morgan fingerprint density at radius 1 is 1.23 bits per heavy atom. The number of aromatic nitrogens is 2. The molecule has 0 radical (unpaired) electrons. The number of amides is 1. The maximum atomic E-state index is 13.1. The molecule has 1 atom stereocenters. The summed E-state index contributed by atoms with van der Waals surface area (Å²) < 4.78 is 1.92. The smallest absolute Gasteiger partial charge is 0.243 e. The van der Waals surface area contributed by atoms with Crippen LogP contribution >= 0.6 is 0 Å². The molecular formula is C17H28N4O. The maximum Gasteiger partial charge on any atom is 0.243 e. The molecule has 0 spiro atoms. The average molecular weight is 304 g/mol. The molecule has 122 valence electrons. The standard InChI is InChI=1S/C17H28N4O/c1-12-15(13(2)20(3)19-12)14-8-7-11-21(14)16(22)17(18)9-5-4-6-10-17/h14H,4-11,18H2,1-3H3. The van der Waals surface area contributed by atoms with Crippen LogP contribution in [0.2, 0.25) is 0 Å². The minimum absolute atomic E-state index is 0.156. The van der Waals surface area contributed by atoms with E-state index in [1.807, 2.05) is 23.6 Å². The molecule has 3 rings (SSSR count). The largest absolute Gasteiger partial charge is 0.334 e. The van der Waals surface area contributed by atoms with E-state index in [9.17, 15) is 4.79 Å². The minimum Gasteiger partial charge on any atom is -0.334 e. The van der Waals surface area contributed by atoms with Crippen LogP contribution in [0.25, 0.3) is 0 Å². The quantitative estimate of drug-likeness (QED) is 0.912. The van der Waals surface area contributed by atoms with E-state index >= 15 is 0 Å². The fourth-order valence-electron chi connectivity index (χ4n) is 4.26. The van der Waals surface area contributed by atoms with Crippen LogP contribution < -0.4 is 5.73 Å². The Kier molecular flexibility index (Phi) is 4.02. The lowest BCUT2D eigenvalue weighted by molar-refractivity contribution is -0.139. The number of carbonyl (C=O) groups is 1. The Balaban J connectivity index is 1.88. The molecule has 2 aliphatic rings. The number of hydrogen-bond acceptors (Lipinski definition) is 3. The number of carbonyl (C=O) groups excluding carboxylic acids is 1. The van der Waals surface area contributed by atoms with E-state index in [4.69, 9.17) is 5.73 Å². The summed E-state index contributed by atoms with van der Waals surface area (Å²) in [4.78, 5) is 15.2. The Morgan fingerprint density at radius 2 is 1.91 bits per heavy atom. The van der Waals surface area contributed by atoms with Crippen LogP contribution in [0.4, 0.5) is 0 Å². The van der Waals surface area contributed by atoms with Crippen molar-refractivity contribution in [3.63, 3.8) is 0 Å². The van der Waals surface area contributed by atoms with Gasteiger partial charge >= 0.3 is 0 Å². The van der Waals surface area contributed by atoms with Gasteiger partial charge in [-0.3, -0.25) is 9.48 Å². The Morgan fingerprint density at radius 3 is 2.50 bits per heavy atom. The normalized spacial score (nSPS) is 24.7. The predicted octanol–water partition coefficient (Wildman–Crippen LogP) is 2.36. The molecule has 22 heavy (non-hydrogen) atoms. The van der Waals surface area contributed by atoms with Gasteiger partial charge in [-0.2, -0.15) is 5.10 Å². The number of nitrogens with two attached hydrogens (primary N) is 1. The van der Waals surface area contributed by atoms with E-state index in [1.54, 1.807) is 0 Å². The Hall–Kier alpha value is -1.36. The summed E-state index contributed by atoms with van der Waals surface area (Å²) in [5.74, 6) is 0.164. The molecule has 2 fully saturated rings. The van der Waals surface area contributed by atoms with Crippen molar-refractivity contribution in [1.29, 1.82) is 0 Å². The molecule has 1 saturated carbocycles. The van der Waals surface area contributed by atoms with Gasteiger partial charge in [-0.25, -0.2) is 0 Å². The van der Waals surface area contributed by atoms with E-state index in [1.165, 1.54) is 12.0 Å². The molecule has 2 heterocycles. The first-order chi connectivity index (χ1) is 10.4. The van der Waals surface area contributed by atoms with Gasteiger partial charge < -0.3 is 10.6 Å². The molecule has 1 saturated heterocycles. The second-order valence-electron chi connectivity index (χ2n) is 7.08. The van der Waals surface area contributed by atoms with E-state index in [0.717, 1.165) is 56.5 Å². The van der Waals surface area contributed by atoms with Crippen LogP contribution in [-0.4, -0.2) is 32.7 Å². The van der Waals surface area contributed by atoms with Gasteiger partial charge in [0.15, 0.2) is 0 Å².